The number of aryl methyl sites for hydroxylation is 1. The van der Waals surface area contributed by atoms with Crippen LogP contribution in [-0.2, 0) is 40.5 Å². The molecule has 0 unspecified atom stereocenters. The van der Waals surface area contributed by atoms with Crippen molar-refractivity contribution in [3.63, 3.8) is 0 Å². The van der Waals surface area contributed by atoms with E-state index in [-0.39, 0.29) is 16.7 Å². The maximum Gasteiger partial charge on any atom is 0.296 e. The number of hydrogen-bond donors (Lipinski definition) is 7. The van der Waals surface area contributed by atoms with Gasteiger partial charge in [0.1, 0.15) is 14.7 Å². The predicted molar refractivity (Wildman–Crippen MR) is 213 cm³/mol. The Bertz CT molecular complexity index is 3370. The zero-order valence-corrected chi connectivity index (χ0v) is 33.6. The smallest absolute Gasteiger partial charge is 0.296 e. The van der Waals surface area contributed by atoms with Gasteiger partial charge in [-0.2, -0.15) is 33.7 Å². The quantitative estimate of drug-likeness (QED) is 0.0503. The first-order chi connectivity index (χ1) is 27.4. The molecule has 0 fully saturated rings. The number of carbonyl (C=O) groups is 2. The van der Waals surface area contributed by atoms with Crippen LogP contribution < -0.4 is 15.6 Å². The minimum Gasteiger partial charge on any atom is -0.354 e. The van der Waals surface area contributed by atoms with E-state index in [9.17, 15) is 66.3 Å². The van der Waals surface area contributed by atoms with Gasteiger partial charge in [-0.15, -0.1) is 0 Å². The van der Waals surface area contributed by atoms with Gasteiger partial charge < -0.3 is 15.0 Å². The van der Waals surface area contributed by atoms with E-state index in [4.69, 9.17) is 0 Å². The first-order valence-corrected chi connectivity index (χ1v) is 22.9. The van der Waals surface area contributed by atoms with E-state index < -0.39 is 122 Å². The normalized spacial score (nSPS) is 12.9. The molecule has 0 amide bonds. The summed E-state index contributed by atoms with van der Waals surface area (Å²) in [5.41, 5.74) is -5.23. The Hall–Kier alpha value is -5.76. The number of aromatic amines is 1. The van der Waals surface area contributed by atoms with Crippen molar-refractivity contribution in [2.24, 2.45) is 0 Å². The molecule has 6 aromatic rings. The highest BCUT2D eigenvalue weighted by molar-refractivity contribution is 8.00. The van der Waals surface area contributed by atoms with Crippen molar-refractivity contribution in [1.82, 2.24) is 4.98 Å². The number of aromatic nitrogens is 1. The van der Waals surface area contributed by atoms with Gasteiger partial charge in [0, 0.05) is 27.0 Å². The molecule has 0 radical (unpaired) electrons. The fraction of sp³-hybridized carbons (Fsp3) is 0.0278. The summed E-state index contributed by atoms with van der Waals surface area (Å²) in [4.78, 5) is 41.3. The van der Waals surface area contributed by atoms with E-state index >= 15 is 0 Å². The molecule has 0 saturated heterocycles. The van der Waals surface area contributed by atoms with Crippen molar-refractivity contribution < 1.29 is 61.5 Å². The van der Waals surface area contributed by atoms with Crippen molar-refractivity contribution in [3.05, 3.63) is 129 Å². The summed E-state index contributed by atoms with van der Waals surface area (Å²) in [6.45, 7) is 1.81. The minimum atomic E-state index is -5.43. The molecule has 0 atom stereocenters. The third-order valence-electron chi connectivity index (χ3n) is 9.03. The van der Waals surface area contributed by atoms with E-state index in [1.54, 1.807) is 24.3 Å². The Morgan fingerprint density at radius 3 is 1.85 bits per heavy atom. The molecule has 5 aromatic carbocycles. The van der Waals surface area contributed by atoms with Crippen LogP contribution in [0.4, 0.5) is 17.1 Å². The Kier molecular flexibility index (Phi) is 10.2. The second-order valence-electron chi connectivity index (χ2n) is 12.9. The average Bonchev–Trinajstić information content (AvgIpc) is 3.14. The number of pyridine rings is 1. The second-order valence-corrected chi connectivity index (χ2v) is 19.3. The number of hydrogen-bond acceptors (Lipinski definition) is 14. The van der Waals surface area contributed by atoms with Gasteiger partial charge in [0.2, 0.25) is 0 Å². The van der Waals surface area contributed by atoms with Crippen LogP contribution in [0.15, 0.2) is 120 Å². The van der Waals surface area contributed by atoms with E-state index in [0.717, 1.165) is 47.8 Å². The molecule has 0 aliphatic heterocycles. The van der Waals surface area contributed by atoms with Crippen LogP contribution in [0.25, 0.3) is 22.0 Å². The lowest BCUT2D eigenvalue weighted by molar-refractivity contribution is 0.102. The van der Waals surface area contributed by atoms with Gasteiger partial charge in [0.25, 0.3) is 46.0 Å². The summed E-state index contributed by atoms with van der Waals surface area (Å²) < 4.78 is 144. The van der Waals surface area contributed by atoms with Gasteiger partial charge in [-0.05, 0) is 66.9 Å². The SMILES string of the molecule is Cc1ccc(SNc2cc(Nc3cc(S(=O)(=O)O)c4[nH]c(=O)c(C(=O)c5cccc(S(=O)(=O)O)c5)c5c4c3C(=O)c3ccccc3-5)c(S(=O)(=O)O)cc2S(=O)(=O)O)cc1. The van der Waals surface area contributed by atoms with Crippen molar-refractivity contribution in [2.45, 2.75) is 31.4 Å². The van der Waals surface area contributed by atoms with Crippen molar-refractivity contribution >= 4 is 92.0 Å². The van der Waals surface area contributed by atoms with E-state index in [2.05, 4.69) is 15.0 Å². The summed E-state index contributed by atoms with van der Waals surface area (Å²) in [5.74, 6) is -2.07. The number of anilines is 3. The molecule has 1 heterocycles. The Morgan fingerprint density at radius 2 is 1.24 bits per heavy atom. The Balaban J connectivity index is 1.55. The molecular formula is C36H25N3O15S5. The molecule has 1 aromatic heterocycles. The molecule has 0 bridgehead atoms. The number of carbonyl (C=O) groups excluding carboxylic acids is 2. The third kappa shape index (κ3) is 7.77. The van der Waals surface area contributed by atoms with Crippen molar-refractivity contribution in [1.29, 1.82) is 0 Å². The zero-order valence-electron chi connectivity index (χ0n) is 29.5. The van der Waals surface area contributed by atoms with Crippen LogP contribution in [0.3, 0.4) is 0 Å². The standard InChI is InChI=1S/C36H25N3O15S5/c1-17-9-11-19(12-10-17)55-39-24-14-23(26(57(46,47)48)16-27(24)58(49,50)51)37-25-15-28(59(52,53)54)33-31-29(21-7-2-3-8-22(21)35(41)30(25)31)32(36(42)38-33)34(40)18-5-4-6-20(13-18)56(43,44)45/h2-16,37,39H,1H3,(H,38,42)(H,43,44,45)(H,46,47,48)(H,49,50,51)(H,52,53,54). The minimum absolute atomic E-state index is 0.0930. The molecule has 1 aliphatic rings. The molecule has 0 spiro atoms. The van der Waals surface area contributed by atoms with Gasteiger partial charge in [0.05, 0.1) is 38.6 Å². The largest absolute Gasteiger partial charge is 0.354 e. The molecule has 0 saturated carbocycles. The van der Waals surface area contributed by atoms with Gasteiger partial charge in [-0.25, -0.2) is 0 Å². The third-order valence-corrected chi connectivity index (χ3v) is 13.4. The van der Waals surface area contributed by atoms with Gasteiger partial charge >= 0.3 is 0 Å². The maximum atomic E-state index is 14.5. The molecule has 18 nitrogen and oxygen atoms in total. The van der Waals surface area contributed by atoms with Crippen molar-refractivity contribution in [3.8, 4) is 11.1 Å². The van der Waals surface area contributed by atoms with Crippen LogP contribution in [0.2, 0.25) is 0 Å². The Morgan fingerprint density at radius 1 is 0.627 bits per heavy atom. The van der Waals surface area contributed by atoms with Crippen LogP contribution >= 0.6 is 11.9 Å². The molecule has 7 rings (SSSR count). The number of nitrogens with one attached hydrogen (secondary N) is 3. The topological polar surface area (TPSA) is 309 Å². The fourth-order valence-corrected chi connectivity index (χ4v) is 9.80. The van der Waals surface area contributed by atoms with Crippen LogP contribution in [0.5, 0.6) is 0 Å². The molecule has 23 heteroatoms. The van der Waals surface area contributed by atoms with Gasteiger partial charge in [-0.3, -0.25) is 32.6 Å². The molecule has 7 N–H and O–H groups in total. The highest BCUT2D eigenvalue weighted by atomic mass is 32.2. The lowest BCUT2D eigenvalue weighted by Crippen LogP contribution is -2.25. The number of fused-ring (bicyclic) bond motifs is 2. The first-order valence-electron chi connectivity index (χ1n) is 16.4. The molecule has 304 valence electrons. The first kappa shape index (κ1) is 41.4. The van der Waals surface area contributed by atoms with Crippen molar-refractivity contribution in [2.75, 3.05) is 10.0 Å². The highest BCUT2D eigenvalue weighted by Crippen LogP contribution is 2.46. The fourth-order valence-electron chi connectivity index (χ4n) is 6.48. The summed E-state index contributed by atoms with van der Waals surface area (Å²) in [6, 6.07) is 18.0. The number of rotatable bonds is 11. The molecule has 1 aliphatic carbocycles. The summed E-state index contributed by atoms with van der Waals surface area (Å²) >= 11 is 0.821. The van der Waals surface area contributed by atoms with Crippen LogP contribution in [0.1, 0.15) is 37.4 Å². The number of ketones is 2. The maximum absolute atomic E-state index is 14.5. The van der Waals surface area contributed by atoms with Gasteiger partial charge in [0.15, 0.2) is 11.6 Å². The lowest BCUT2D eigenvalue weighted by Gasteiger charge is -2.25. The van der Waals surface area contributed by atoms with Gasteiger partial charge in [-0.1, -0.05) is 54.1 Å². The number of H-pyrrole nitrogens is 1. The lowest BCUT2D eigenvalue weighted by atomic mass is 9.80. The Labute approximate surface area is 338 Å². The second kappa shape index (κ2) is 14.5. The van der Waals surface area contributed by atoms with E-state index in [1.807, 2.05) is 6.92 Å². The van der Waals surface area contributed by atoms with E-state index in [1.165, 1.54) is 24.3 Å². The number of benzene rings is 5. The monoisotopic (exact) mass is 899 g/mol. The average molecular weight is 900 g/mol. The highest BCUT2D eigenvalue weighted by Gasteiger charge is 2.37. The molecule has 59 heavy (non-hydrogen) atoms. The van der Waals surface area contributed by atoms with Crippen LogP contribution in [0, 0.1) is 6.92 Å². The summed E-state index contributed by atoms with van der Waals surface area (Å²) in [5, 5.41) is 2.06. The zero-order chi connectivity index (χ0) is 43.0. The summed E-state index contributed by atoms with van der Waals surface area (Å²) in [6.07, 6.45) is 0. The summed E-state index contributed by atoms with van der Waals surface area (Å²) in [7, 11) is -20.9. The molecular weight excluding hydrogens is 875 g/mol. The van der Waals surface area contributed by atoms with Crippen LogP contribution in [-0.4, -0.2) is 68.4 Å². The van der Waals surface area contributed by atoms with E-state index in [0.29, 0.717) is 17.0 Å². The predicted octanol–water partition coefficient (Wildman–Crippen LogP) is 5.13.